The van der Waals surface area contributed by atoms with E-state index in [0.717, 1.165) is 0 Å². The molecule has 0 fully saturated rings. The maximum Gasteiger partial charge on any atom is 0.339 e. The molecule has 0 spiro atoms. The van der Waals surface area contributed by atoms with Crippen LogP contribution in [0.25, 0.3) is 0 Å². The number of hydrogen-bond acceptors (Lipinski definition) is 6. The van der Waals surface area contributed by atoms with Crippen molar-refractivity contribution in [3.63, 3.8) is 0 Å². The van der Waals surface area contributed by atoms with Gasteiger partial charge < -0.3 is 14.6 Å². The highest BCUT2D eigenvalue weighted by atomic mass is 32.1. The maximum atomic E-state index is 12.0. The van der Waals surface area contributed by atoms with Gasteiger partial charge in [-0.2, -0.15) is 12.6 Å². The van der Waals surface area contributed by atoms with Crippen LogP contribution in [0.1, 0.15) is 46.2 Å². The molecule has 5 nitrogen and oxygen atoms in total. The summed E-state index contributed by atoms with van der Waals surface area (Å²) in [6.07, 6.45) is -0.966. The number of rotatable bonds is 6. The lowest BCUT2D eigenvalue weighted by Crippen LogP contribution is -2.18. The van der Waals surface area contributed by atoms with E-state index in [1.54, 1.807) is 26.0 Å². The van der Waals surface area contributed by atoms with E-state index in [9.17, 15) is 14.7 Å². The second-order valence-electron chi connectivity index (χ2n) is 3.91. The van der Waals surface area contributed by atoms with Crippen molar-refractivity contribution in [3.05, 3.63) is 34.9 Å². The molecule has 0 amide bonds. The van der Waals surface area contributed by atoms with Gasteiger partial charge >= 0.3 is 11.9 Å². The van der Waals surface area contributed by atoms with Crippen molar-refractivity contribution in [1.29, 1.82) is 0 Å². The first kappa shape index (κ1) is 16.5. The number of carbonyl (C=O) groups excluding carboxylic acids is 2. The molecule has 1 aromatic rings. The van der Waals surface area contributed by atoms with Crippen LogP contribution in [0.5, 0.6) is 0 Å². The average Bonchev–Trinajstić information content (AvgIpc) is 2.46. The van der Waals surface area contributed by atoms with Gasteiger partial charge in [0.2, 0.25) is 0 Å². The molecule has 0 bridgehead atoms. The second-order valence-corrected chi connectivity index (χ2v) is 4.27. The summed E-state index contributed by atoms with van der Waals surface area (Å²) < 4.78 is 9.87. The van der Waals surface area contributed by atoms with Crippen LogP contribution < -0.4 is 0 Å². The fraction of sp³-hybridized carbons (Fsp3) is 0.429. The average molecular weight is 298 g/mol. The Morgan fingerprint density at radius 2 is 1.80 bits per heavy atom. The fourth-order valence-corrected chi connectivity index (χ4v) is 1.95. The molecule has 1 unspecified atom stereocenters. The second kappa shape index (κ2) is 7.91. The Hall–Kier alpha value is -1.53. The fourth-order valence-electron chi connectivity index (χ4n) is 1.76. The Balaban J connectivity index is 3.36. The summed E-state index contributed by atoms with van der Waals surface area (Å²) in [5, 5.41) is 9.93. The summed E-state index contributed by atoms with van der Waals surface area (Å²) in [4.78, 5) is 24.0. The SMILES string of the molecule is CCOC(=O)c1cccc(C(O)CS)c1C(=O)OCC. The zero-order valence-electron chi connectivity index (χ0n) is 11.5. The van der Waals surface area contributed by atoms with Crippen LogP contribution in [-0.4, -0.2) is 36.0 Å². The highest BCUT2D eigenvalue weighted by Gasteiger charge is 2.25. The number of aliphatic hydroxyl groups excluding tert-OH is 1. The predicted octanol–water partition coefficient (Wildman–Crippen LogP) is 2.00. The normalized spacial score (nSPS) is 11.8. The van der Waals surface area contributed by atoms with Crippen molar-refractivity contribution in [3.8, 4) is 0 Å². The Kier molecular flexibility index (Phi) is 6.54. The van der Waals surface area contributed by atoms with Crippen molar-refractivity contribution < 1.29 is 24.2 Å². The molecule has 6 heteroatoms. The predicted molar refractivity (Wildman–Crippen MR) is 77.2 cm³/mol. The van der Waals surface area contributed by atoms with Crippen LogP contribution in [0.4, 0.5) is 0 Å². The molecule has 0 aliphatic rings. The van der Waals surface area contributed by atoms with E-state index < -0.39 is 18.0 Å². The highest BCUT2D eigenvalue weighted by molar-refractivity contribution is 7.80. The molecule has 0 radical (unpaired) electrons. The van der Waals surface area contributed by atoms with Gasteiger partial charge in [-0.1, -0.05) is 12.1 Å². The number of carbonyl (C=O) groups is 2. The lowest BCUT2D eigenvalue weighted by Gasteiger charge is -2.16. The minimum Gasteiger partial charge on any atom is -0.462 e. The molecular formula is C14H18O5S. The van der Waals surface area contributed by atoms with Crippen LogP contribution in [0.15, 0.2) is 18.2 Å². The van der Waals surface area contributed by atoms with Crippen molar-refractivity contribution in [1.82, 2.24) is 0 Å². The molecule has 0 aliphatic heterocycles. The molecular weight excluding hydrogens is 280 g/mol. The van der Waals surface area contributed by atoms with Gasteiger partial charge in [0.25, 0.3) is 0 Å². The van der Waals surface area contributed by atoms with Gasteiger partial charge in [-0.05, 0) is 25.5 Å². The molecule has 1 atom stereocenters. The summed E-state index contributed by atoms with van der Waals surface area (Å²) >= 11 is 4.00. The molecule has 0 saturated heterocycles. The molecule has 0 heterocycles. The first-order valence-electron chi connectivity index (χ1n) is 6.32. The third-order valence-corrected chi connectivity index (χ3v) is 2.95. The van der Waals surface area contributed by atoms with Gasteiger partial charge in [0.15, 0.2) is 0 Å². The number of hydrogen-bond donors (Lipinski definition) is 2. The minimum atomic E-state index is -0.966. The summed E-state index contributed by atoms with van der Waals surface area (Å²) in [5.74, 6) is -1.16. The first-order chi connectivity index (χ1) is 9.56. The monoisotopic (exact) mass is 298 g/mol. The molecule has 0 saturated carbocycles. The topological polar surface area (TPSA) is 72.8 Å². The van der Waals surface area contributed by atoms with Crippen molar-refractivity contribution in [2.75, 3.05) is 19.0 Å². The van der Waals surface area contributed by atoms with E-state index in [4.69, 9.17) is 9.47 Å². The van der Waals surface area contributed by atoms with Crippen molar-refractivity contribution in [2.24, 2.45) is 0 Å². The van der Waals surface area contributed by atoms with Crippen LogP contribution in [0.3, 0.4) is 0 Å². The van der Waals surface area contributed by atoms with Gasteiger partial charge in [-0.3, -0.25) is 0 Å². The van der Waals surface area contributed by atoms with Crippen molar-refractivity contribution >= 4 is 24.6 Å². The standard InChI is InChI=1S/C14H18O5S/c1-3-18-13(16)10-7-5-6-9(11(15)8-20)12(10)14(17)19-4-2/h5-7,11,15,20H,3-4,8H2,1-2H3. The van der Waals surface area contributed by atoms with E-state index in [1.165, 1.54) is 6.07 Å². The molecule has 1 aromatic carbocycles. The van der Waals surface area contributed by atoms with E-state index in [1.807, 2.05) is 0 Å². The maximum absolute atomic E-state index is 12.0. The molecule has 0 aliphatic carbocycles. The molecule has 1 N–H and O–H groups in total. The smallest absolute Gasteiger partial charge is 0.339 e. The third-order valence-electron chi connectivity index (χ3n) is 2.60. The lowest BCUT2D eigenvalue weighted by molar-refractivity contribution is 0.0474. The van der Waals surface area contributed by atoms with E-state index >= 15 is 0 Å². The van der Waals surface area contributed by atoms with Crippen LogP contribution in [0.2, 0.25) is 0 Å². The zero-order chi connectivity index (χ0) is 15.1. The largest absolute Gasteiger partial charge is 0.462 e. The Labute approximate surface area is 123 Å². The van der Waals surface area contributed by atoms with Gasteiger partial charge in [0.05, 0.1) is 30.4 Å². The first-order valence-corrected chi connectivity index (χ1v) is 6.96. The number of aliphatic hydroxyl groups is 1. The van der Waals surface area contributed by atoms with Gasteiger partial charge in [-0.15, -0.1) is 0 Å². The Bertz CT molecular complexity index is 486. The Morgan fingerprint density at radius 1 is 1.20 bits per heavy atom. The summed E-state index contributed by atoms with van der Waals surface area (Å²) in [6, 6.07) is 4.62. The zero-order valence-corrected chi connectivity index (χ0v) is 12.4. The number of ether oxygens (including phenoxy) is 2. The number of thiol groups is 1. The van der Waals surface area contributed by atoms with Gasteiger partial charge in [0.1, 0.15) is 0 Å². The van der Waals surface area contributed by atoms with Gasteiger partial charge in [0, 0.05) is 5.75 Å². The van der Waals surface area contributed by atoms with Crippen molar-refractivity contribution in [2.45, 2.75) is 20.0 Å². The van der Waals surface area contributed by atoms with E-state index in [0.29, 0.717) is 5.56 Å². The van der Waals surface area contributed by atoms with Crippen LogP contribution >= 0.6 is 12.6 Å². The third kappa shape index (κ3) is 3.74. The van der Waals surface area contributed by atoms with Crippen LogP contribution in [0, 0.1) is 0 Å². The molecule has 0 aromatic heterocycles. The van der Waals surface area contributed by atoms with Crippen LogP contribution in [-0.2, 0) is 9.47 Å². The highest BCUT2D eigenvalue weighted by Crippen LogP contribution is 2.24. The summed E-state index contributed by atoms with van der Waals surface area (Å²) in [7, 11) is 0. The van der Waals surface area contributed by atoms with E-state index in [-0.39, 0.29) is 30.1 Å². The Morgan fingerprint density at radius 3 is 2.35 bits per heavy atom. The van der Waals surface area contributed by atoms with E-state index in [2.05, 4.69) is 12.6 Å². The lowest BCUT2D eigenvalue weighted by atomic mass is 9.97. The minimum absolute atomic E-state index is 0.0364. The molecule has 110 valence electrons. The van der Waals surface area contributed by atoms with Gasteiger partial charge in [-0.25, -0.2) is 9.59 Å². The summed E-state index contributed by atoms with van der Waals surface area (Å²) in [5.41, 5.74) is 0.432. The molecule has 1 rings (SSSR count). The quantitative estimate of drug-likeness (QED) is 0.621. The number of benzene rings is 1. The molecule has 20 heavy (non-hydrogen) atoms. The summed E-state index contributed by atoms with van der Waals surface area (Å²) in [6.45, 7) is 3.71. The number of esters is 2.